The summed E-state index contributed by atoms with van der Waals surface area (Å²) in [6.45, 7) is -0.499. The largest absolute Gasteiger partial charge is 0.504 e. The number of nitrogens with zero attached hydrogens (tertiary/aromatic N) is 3. The van der Waals surface area contributed by atoms with Crippen molar-refractivity contribution in [1.29, 1.82) is 0 Å². The summed E-state index contributed by atoms with van der Waals surface area (Å²) >= 11 is 2.42. The fourth-order valence-corrected chi connectivity index (χ4v) is 8.69. The molecule has 16 heteroatoms. The predicted molar refractivity (Wildman–Crippen MR) is 208 cm³/mol. The molecule has 14 nitrogen and oxygen atoms in total. The van der Waals surface area contributed by atoms with E-state index in [1.165, 1.54) is 48.4 Å². The number of oxime groups is 1. The quantitative estimate of drug-likeness (QED) is 0.0270. The Hall–Kier alpha value is -6.65. The van der Waals surface area contributed by atoms with Crippen LogP contribution in [0.5, 0.6) is 11.5 Å². The van der Waals surface area contributed by atoms with Gasteiger partial charge in [-0.15, -0.1) is 23.1 Å². The number of thioether (sulfide) groups is 1. The van der Waals surface area contributed by atoms with Crippen LogP contribution >= 0.6 is 23.1 Å². The highest BCUT2D eigenvalue weighted by Crippen LogP contribution is 2.42. The number of nitrogens with one attached hydrogen (secondary N) is 2. The van der Waals surface area contributed by atoms with Crippen molar-refractivity contribution in [2.45, 2.75) is 17.0 Å². The van der Waals surface area contributed by atoms with Crippen LogP contribution in [0.25, 0.3) is 0 Å². The maximum absolute atomic E-state index is 13.8. The van der Waals surface area contributed by atoms with Crippen LogP contribution < -0.4 is 10.6 Å². The van der Waals surface area contributed by atoms with E-state index in [1.807, 2.05) is 91.0 Å². The van der Waals surface area contributed by atoms with Gasteiger partial charge in [0.05, 0.1) is 0 Å². The van der Waals surface area contributed by atoms with E-state index in [4.69, 9.17) is 14.6 Å². The zero-order chi connectivity index (χ0) is 39.4. The summed E-state index contributed by atoms with van der Waals surface area (Å²) in [5.41, 5.74) is 1.36. The van der Waals surface area contributed by atoms with E-state index in [2.05, 4.69) is 15.8 Å². The van der Waals surface area contributed by atoms with Gasteiger partial charge in [0.2, 0.25) is 0 Å². The Morgan fingerprint density at radius 1 is 0.911 bits per heavy atom. The van der Waals surface area contributed by atoms with Crippen molar-refractivity contribution >= 4 is 57.7 Å². The molecular weight excluding hydrogens is 759 g/mol. The molecule has 1 aromatic heterocycles. The number of aliphatic carboxylic acids is 1. The summed E-state index contributed by atoms with van der Waals surface area (Å²) < 4.78 is 5.24. The molecule has 2 aliphatic heterocycles. The van der Waals surface area contributed by atoms with Gasteiger partial charge in [-0.1, -0.05) is 102 Å². The Morgan fingerprint density at radius 3 is 2.09 bits per heavy atom. The van der Waals surface area contributed by atoms with E-state index >= 15 is 0 Å². The Labute approximate surface area is 328 Å². The number of fused-ring (bicyclic) bond motifs is 1. The molecule has 0 bridgehead atoms. The first-order valence-electron chi connectivity index (χ1n) is 17.0. The molecule has 2 aliphatic rings. The summed E-state index contributed by atoms with van der Waals surface area (Å²) in [5.74, 6) is -5.05. The zero-order valence-electron chi connectivity index (χ0n) is 29.5. The number of hydrogen-bond acceptors (Lipinski definition) is 13. The number of β-lactam (4-membered cyclic amide) rings is 1. The smallest absolute Gasteiger partial charge is 0.352 e. The molecule has 0 unspecified atom stereocenters. The minimum atomic E-state index is -1.43. The van der Waals surface area contributed by atoms with Gasteiger partial charge in [0.25, 0.3) is 11.8 Å². The topological polar surface area (TPSA) is 200 Å². The number of para-hydroxylation sites is 1. The van der Waals surface area contributed by atoms with Crippen LogP contribution in [0, 0.1) is 0 Å². The van der Waals surface area contributed by atoms with Crippen LogP contribution in [0.4, 0.5) is 5.13 Å². The molecule has 56 heavy (non-hydrogen) atoms. The molecule has 3 heterocycles. The first kappa shape index (κ1) is 37.7. The molecule has 0 spiro atoms. The lowest BCUT2D eigenvalue weighted by atomic mass is 9.77. The number of aromatic nitrogens is 1. The first-order valence-corrected chi connectivity index (χ1v) is 19.0. The summed E-state index contributed by atoms with van der Waals surface area (Å²) in [5, 5.41) is 41.4. The molecule has 2 amide bonds. The van der Waals surface area contributed by atoms with Crippen molar-refractivity contribution in [3.8, 4) is 11.5 Å². The maximum atomic E-state index is 13.8. The van der Waals surface area contributed by atoms with E-state index in [-0.39, 0.29) is 34.0 Å². The molecule has 0 aliphatic carbocycles. The second-order valence-electron chi connectivity index (χ2n) is 12.5. The van der Waals surface area contributed by atoms with Crippen molar-refractivity contribution in [3.63, 3.8) is 0 Å². The number of phenolic OH excluding ortho intramolecular Hbond substituents is 2. The van der Waals surface area contributed by atoms with Crippen molar-refractivity contribution in [2.75, 3.05) is 24.8 Å². The molecule has 5 N–H and O–H groups in total. The summed E-state index contributed by atoms with van der Waals surface area (Å²) in [6, 6.07) is 32.4. The number of rotatable bonds is 13. The maximum Gasteiger partial charge on any atom is 0.352 e. The Bertz CT molecular complexity index is 2260. The zero-order valence-corrected chi connectivity index (χ0v) is 31.1. The highest BCUT2D eigenvalue weighted by molar-refractivity contribution is 8.00. The number of hydrogen-bond donors (Lipinski definition) is 5. The molecule has 5 aromatic rings. The second-order valence-corrected chi connectivity index (χ2v) is 14.5. The summed E-state index contributed by atoms with van der Waals surface area (Å²) in [7, 11) is 1.28. The molecule has 284 valence electrons. The van der Waals surface area contributed by atoms with Crippen molar-refractivity contribution in [2.24, 2.45) is 5.16 Å². The highest BCUT2D eigenvalue weighted by Gasteiger charge is 2.54. The summed E-state index contributed by atoms with van der Waals surface area (Å²) in [6.07, 6.45) is 0. The fourth-order valence-electron chi connectivity index (χ4n) is 6.61. The van der Waals surface area contributed by atoms with E-state index in [0.29, 0.717) is 5.13 Å². The van der Waals surface area contributed by atoms with E-state index < -0.39 is 58.8 Å². The van der Waals surface area contributed by atoms with Crippen molar-refractivity contribution in [3.05, 3.63) is 154 Å². The number of carboxylic acids is 1. The molecule has 2 atom stereocenters. The van der Waals surface area contributed by atoms with Gasteiger partial charge < -0.3 is 35.5 Å². The number of benzene rings is 4. The van der Waals surface area contributed by atoms with E-state index in [9.17, 15) is 34.5 Å². The normalized spacial score (nSPS) is 16.7. The Balaban J connectivity index is 1.10. The lowest BCUT2D eigenvalue weighted by Crippen LogP contribution is -2.71. The van der Waals surface area contributed by atoms with Crippen LogP contribution in [-0.4, -0.2) is 85.6 Å². The third-order valence-corrected chi connectivity index (χ3v) is 11.3. The van der Waals surface area contributed by atoms with Crippen LogP contribution in [-0.2, 0) is 29.5 Å². The number of ether oxygens (including phenoxy) is 1. The number of esters is 1. The minimum Gasteiger partial charge on any atom is -0.504 e. The monoisotopic (exact) mass is 791 g/mol. The minimum absolute atomic E-state index is 0.0495. The Kier molecular flexibility index (Phi) is 10.7. The second kappa shape index (κ2) is 16.0. The average molecular weight is 792 g/mol. The molecule has 4 aromatic carbocycles. The number of aromatic hydroxyl groups is 2. The third kappa shape index (κ3) is 7.02. The molecule has 1 saturated heterocycles. The number of carbonyl (C=O) groups is 4. The van der Waals surface area contributed by atoms with Gasteiger partial charge in [-0.2, -0.15) is 0 Å². The number of carbonyl (C=O) groups excluding carboxylic acids is 3. The number of thiazole rings is 1. The van der Waals surface area contributed by atoms with Gasteiger partial charge in [0.1, 0.15) is 47.6 Å². The van der Waals surface area contributed by atoms with Crippen molar-refractivity contribution < 1.29 is 44.1 Å². The van der Waals surface area contributed by atoms with Crippen LogP contribution in [0.3, 0.4) is 0 Å². The lowest BCUT2D eigenvalue weighted by Gasteiger charge is -2.49. The van der Waals surface area contributed by atoms with Crippen LogP contribution in [0.1, 0.15) is 32.7 Å². The standard InChI is InChI=1S/C40H33N5O9S2/c1-53-44-30(28-22-56-39(41-28)43-40(24-12-5-2-6-13-24,25-14-7-3-8-15-25)26-16-9-4-10-17-26)34(48)42-31-35(49)45-32(37(50)51)23(21-55-36(31)45)20-54-38(52)27-18-11-19-29(46)33(27)47/h2-19,22,31,36,46-47H,20-21H2,1H3,(H,41,43)(H,42,48)(H,50,51)/t31-,36-/m1/s1. The number of phenols is 2. The van der Waals surface area contributed by atoms with Gasteiger partial charge in [-0.25, -0.2) is 14.6 Å². The predicted octanol–water partition coefficient (Wildman–Crippen LogP) is 4.90. The molecule has 7 rings (SSSR count). The SMILES string of the molecule is CON=C(C(=O)N[C@@H]1C(=O)N2C(C(=O)O)=C(COC(=O)c3cccc(O)c3O)CS[C@H]12)c1csc(NC(c2ccccc2)(c2ccccc2)c2ccccc2)n1. The molecule has 1 fully saturated rings. The van der Waals surface area contributed by atoms with Gasteiger partial charge in [-0.3, -0.25) is 14.5 Å². The average Bonchev–Trinajstić information content (AvgIpc) is 3.69. The fraction of sp³-hybridized carbons (Fsp3) is 0.150. The lowest BCUT2D eigenvalue weighted by molar-refractivity contribution is -0.150. The van der Waals surface area contributed by atoms with Gasteiger partial charge in [0, 0.05) is 16.7 Å². The Morgan fingerprint density at radius 2 is 1.52 bits per heavy atom. The van der Waals surface area contributed by atoms with Gasteiger partial charge in [0.15, 0.2) is 22.3 Å². The van der Waals surface area contributed by atoms with Gasteiger partial charge >= 0.3 is 11.9 Å². The summed E-state index contributed by atoms with van der Waals surface area (Å²) in [4.78, 5) is 63.0. The third-order valence-electron chi connectivity index (χ3n) is 9.21. The van der Waals surface area contributed by atoms with Crippen LogP contribution in [0.15, 0.2) is 131 Å². The van der Waals surface area contributed by atoms with E-state index in [0.717, 1.165) is 21.6 Å². The van der Waals surface area contributed by atoms with Crippen molar-refractivity contribution in [1.82, 2.24) is 15.2 Å². The highest BCUT2D eigenvalue weighted by atomic mass is 32.2. The van der Waals surface area contributed by atoms with Gasteiger partial charge in [-0.05, 0) is 28.8 Å². The first-order chi connectivity index (χ1) is 27.1. The van der Waals surface area contributed by atoms with Crippen LogP contribution in [0.2, 0.25) is 0 Å². The van der Waals surface area contributed by atoms with E-state index in [1.54, 1.807) is 5.38 Å². The number of anilines is 1. The molecule has 0 radical (unpaired) electrons. The number of amides is 2. The number of carboxylic acid groups (broad SMARTS) is 1. The molecular formula is C40H33N5O9S2. The molecule has 0 saturated carbocycles.